The Labute approximate surface area is 107 Å². The van der Waals surface area contributed by atoms with Gasteiger partial charge in [-0.2, -0.15) is 26.3 Å². The molecule has 0 aromatic carbocycles. The van der Waals surface area contributed by atoms with Crippen molar-refractivity contribution in [2.75, 3.05) is 6.61 Å². The maximum absolute atomic E-state index is 12.7. The summed E-state index contributed by atoms with van der Waals surface area (Å²) in [6, 6.07) is 0. The first-order valence-corrected chi connectivity index (χ1v) is 5.67. The van der Waals surface area contributed by atoms with E-state index < -0.39 is 42.2 Å². The molecule has 2 nitrogen and oxygen atoms in total. The largest absolute Gasteiger partial charge is 0.453 e. The third-order valence-electron chi connectivity index (χ3n) is 3.24. The number of halogens is 6. The van der Waals surface area contributed by atoms with E-state index in [9.17, 15) is 26.3 Å². The third-order valence-corrected chi connectivity index (χ3v) is 3.24. The van der Waals surface area contributed by atoms with E-state index >= 15 is 0 Å². The molecule has 0 radical (unpaired) electrons. The van der Waals surface area contributed by atoms with Crippen LogP contribution in [0.1, 0.15) is 27.7 Å². The Morgan fingerprint density at radius 3 is 1.63 bits per heavy atom. The molecule has 0 amide bonds. The van der Waals surface area contributed by atoms with E-state index in [1.807, 2.05) is 0 Å². The predicted octanol–water partition coefficient (Wildman–Crippen LogP) is 3.90. The van der Waals surface area contributed by atoms with Gasteiger partial charge in [-0.3, -0.25) is 0 Å². The zero-order chi connectivity index (χ0) is 15.3. The molecular weight excluding hydrogens is 278 g/mol. The highest BCUT2D eigenvalue weighted by Crippen LogP contribution is 2.51. The summed E-state index contributed by atoms with van der Waals surface area (Å²) in [6.45, 7) is 5.65. The Balaban J connectivity index is 3.10. The van der Waals surface area contributed by atoms with E-state index in [0.29, 0.717) is 0 Å². The van der Waals surface area contributed by atoms with Crippen LogP contribution in [0, 0.1) is 11.3 Å². The molecule has 0 aromatic rings. The van der Waals surface area contributed by atoms with Crippen LogP contribution >= 0.6 is 0 Å². The molecule has 0 saturated carbocycles. The van der Waals surface area contributed by atoms with Gasteiger partial charge in [0.05, 0.1) is 12.7 Å². The highest BCUT2D eigenvalue weighted by atomic mass is 19.4. The first-order chi connectivity index (χ1) is 8.22. The second kappa shape index (κ2) is 4.51. The van der Waals surface area contributed by atoms with Crippen LogP contribution in [-0.2, 0) is 9.47 Å². The molecule has 1 rings (SSSR count). The quantitative estimate of drug-likeness (QED) is 0.631. The maximum atomic E-state index is 12.7. The van der Waals surface area contributed by atoms with Crippen molar-refractivity contribution in [2.45, 2.75) is 51.9 Å². The topological polar surface area (TPSA) is 18.5 Å². The molecule has 19 heavy (non-hydrogen) atoms. The summed E-state index contributed by atoms with van der Waals surface area (Å²) >= 11 is 0. The van der Waals surface area contributed by atoms with Gasteiger partial charge in [0.15, 0.2) is 0 Å². The number of rotatable bonds is 0. The van der Waals surface area contributed by atoms with Crippen molar-refractivity contribution in [3.05, 3.63) is 0 Å². The molecule has 114 valence electrons. The summed E-state index contributed by atoms with van der Waals surface area (Å²) in [4.78, 5) is 0. The Bertz CT molecular complexity index is 314. The first-order valence-electron chi connectivity index (χ1n) is 5.67. The smallest absolute Gasteiger partial charge is 0.335 e. The molecule has 2 atom stereocenters. The van der Waals surface area contributed by atoms with E-state index in [1.165, 1.54) is 6.92 Å². The number of hydrogen-bond donors (Lipinski definition) is 0. The Morgan fingerprint density at radius 2 is 1.37 bits per heavy atom. The van der Waals surface area contributed by atoms with E-state index in [1.54, 1.807) is 20.8 Å². The van der Waals surface area contributed by atoms with Crippen LogP contribution in [0.3, 0.4) is 0 Å². The van der Waals surface area contributed by atoms with Crippen molar-refractivity contribution in [2.24, 2.45) is 11.3 Å². The minimum atomic E-state index is -5.68. The van der Waals surface area contributed by atoms with E-state index in [4.69, 9.17) is 0 Å². The van der Waals surface area contributed by atoms with Gasteiger partial charge in [0.2, 0.25) is 0 Å². The molecule has 1 saturated heterocycles. The SMILES string of the molecule is CC1OC(C(F)(F)F)(C(F)(F)F)OCC1C(C)(C)C. The van der Waals surface area contributed by atoms with E-state index in [2.05, 4.69) is 9.47 Å². The molecule has 2 unspecified atom stereocenters. The van der Waals surface area contributed by atoms with Crippen molar-refractivity contribution in [1.82, 2.24) is 0 Å². The summed E-state index contributed by atoms with van der Waals surface area (Å²) in [5, 5.41) is 0. The number of alkyl halides is 6. The number of ether oxygens (including phenoxy) is 2. The predicted molar refractivity (Wildman–Crippen MR) is 54.3 cm³/mol. The lowest BCUT2D eigenvalue weighted by atomic mass is 9.77. The van der Waals surface area contributed by atoms with Crippen molar-refractivity contribution >= 4 is 0 Å². The molecule has 0 N–H and O–H groups in total. The van der Waals surface area contributed by atoms with Gasteiger partial charge >= 0.3 is 18.1 Å². The standard InChI is InChI=1S/C11H16F6O2/c1-6-7(8(2,3)4)5-18-9(19-6,10(12,13)14)11(15,16)17/h6-7H,5H2,1-4H3. The van der Waals surface area contributed by atoms with Crippen LogP contribution in [0.25, 0.3) is 0 Å². The zero-order valence-corrected chi connectivity index (χ0v) is 10.9. The molecule has 1 aliphatic heterocycles. The maximum Gasteiger partial charge on any atom is 0.453 e. The van der Waals surface area contributed by atoms with Crippen LogP contribution in [0.15, 0.2) is 0 Å². The molecule has 8 heteroatoms. The van der Waals surface area contributed by atoms with Crippen molar-refractivity contribution in [3.63, 3.8) is 0 Å². The number of hydrogen-bond acceptors (Lipinski definition) is 2. The van der Waals surface area contributed by atoms with E-state index in [0.717, 1.165) is 0 Å². The van der Waals surface area contributed by atoms with Crippen LogP contribution in [-0.4, -0.2) is 30.9 Å². The fourth-order valence-electron chi connectivity index (χ4n) is 2.13. The Morgan fingerprint density at radius 1 is 0.947 bits per heavy atom. The molecule has 1 fully saturated rings. The average molecular weight is 294 g/mol. The van der Waals surface area contributed by atoms with Crippen molar-refractivity contribution < 1.29 is 35.8 Å². The van der Waals surface area contributed by atoms with Crippen molar-refractivity contribution in [3.8, 4) is 0 Å². The molecule has 1 heterocycles. The summed E-state index contributed by atoms with van der Waals surface area (Å²) in [7, 11) is 0. The van der Waals surface area contributed by atoms with Gasteiger partial charge in [-0.1, -0.05) is 20.8 Å². The van der Waals surface area contributed by atoms with Gasteiger partial charge in [0.1, 0.15) is 0 Å². The van der Waals surface area contributed by atoms with Gasteiger partial charge in [0.25, 0.3) is 0 Å². The third kappa shape index (κ3) is 2.84. The lowest BCUT2D eigenvalue weighted by Crippen LogP contribution is -2.66. The Kier molecular flexibility index (Phi) is 3.93. The second-order valence-corrected chi connectivity index (χ2v) is 5.72. The fourth-order valence-corrected chi connectivity index (χ4v) is 2.13. The zero-order valence-electron chi connectivity index (χ0n) is 10.9. The summed E-state index contributed by atoms with van der Waals surface area (Å²) in [5.41, 5.74) is -0.525. The normalized spacial score (nSPS) is 29.4. The van der Waals surface area contributed by atoms with Gasteiger partial charge < -0.3 is 9.47 Å². The van der Waals surface area contributed by atoms with Crippen LogP contribution < -0.4 is 0 Å². The highest BCUT2D eigenvalue weighted by Gasteiger charge is 2.76. The minimum absolute atomic E-state index is 0.525. The summed E-state index contributed by atoms with van der Waals surface area (Å²) < 4.78 is 84.7. The van der Waals surface area contributed by atoms with Gasteiger partial charge in [-0.05, 0) is 12.3 Å². The minimum Gasteiger partial charge on any atom is -0.335 e. The van der Waals surface area contributed by atoms with Crippen LogP contribution in [0.2, 0.25) is 0 Å². The average Bonchev–Trinajstić information content (AvgIpc) is 2.11. The van der Waals surface area contributed by atoms with Crippen LogP contribution in [0.5, 0.6) is 0 Å². The van der Waals surface area contributed by atoms with Crippen LogP contribution in [0.4, 0.5) is 26.3 Å². The summed E-state index contributed by atoms with van der Waals surface area (Å²) in [5.74, 6) is -5.09. The molecule has 0 spiro atoms. The molecule has 0 bridgehead atoms. The van der Waals surface area contributed by atoms with Gasteiger partial charge in [-0.25, -0.2) is 0 Å². The van der Waals surface area contributed by atoms with Crippen molar-refractivity contribution in [1.29, 1.82) is 0 Å². The fraction of sp³-hybridized carbons (Fsp3) is 1.00. The molecule has 0 aliphatic carbocycles. The summed E-state index contributed by atoms with van der Waals surface area (Å²) in [6.07, 6.45) is -12.6. The van der Waals surface area contributed by atoms with Gasteiger partial charge in [0, 0.05) is 5.92 Å². The first kappa shape index (κ1) is 16.6. The highest BCUT2D eigenvalue weighted by molar-refractivity contribution is 4.94. The van der Waals surface area contributed by atoms with E-state index in [-0.39, 0.29) is 0 Å². The Hall–Kier alpha value is -0.500. The monoisotopic (exact) mass is 294 g/mol. The molecule has 1 aliphatic rings. The second-order valence-electron chi connectivity index (χ2n) is 5.72. The molecular formula is C11H16F6O2. The lowest BCUT2D eigenvalue weighted by molar-refractivity contribution is -0.497. The molecule has 0 aromatic heterocycles. The lowest BCUT2D eigenvalue weighted by Gasteiger charge is -2.47. The van der Waals surface area contributed by atoms with Gasteiger partial charge in [-0.15, -0.1) is 0 Å².